The fourth-order valence-electron chi connectivity index (χ4n) is 2.98. The fraction of sp³-hybridized carbons (Fsp3) is 0.438. The van der Waals surface area contributed by atoms with Crippen LogP contribution in [0.25, 0.3) is 11.1 Å². The quantitative estimate of drug-likeness (QED) is 0.941. The van der Waals surface area contributed by atoms with Crippen molar-refractivity contribution in [3.8, 4) is 11.1 Å². The van der Waals surface area contributed by atoms with Gasteiger partial charge in [-0.05, 0) is 37.0 Å². The van der Waals surface area contributed by atoms with Crippen LogP contribution in [0.2, 0.25) is 5.02 Å². The van der Waals surface area contributed by atoms with Gasteiger partial charge in [0.1, 0.15) is 5.82 Å². The van der Waals surface area contributed by atoms with Gasteiger partial charge < -0.3 is 10.5 Å². The number of anilines is 1. The Kier molecular flexibility index (Phi) is 3.68. The summed E-state index contributed by atoms with van der Waals surface area (Å²) in [6, 6.07) is 7.73. The van der Waals surface area contributed by atoms with Crippen LogP contribution in [0.15, 0.2) is 24.3 Å². The van der Waals surface area contributed by atoms with Gasteiger partial charge >= 0.3 is 0 Å². The van der Waals surface area contributed by atoms with Crippen LogP contribution in [-0.4, -0.2) is 22.5 Å². The number of nitrogens with two attached hydrogens (primary N) is 1. The summed E-state index contributed by atoms with van der Waals surface area (Å²) in [5.74, 6) is 0.679. The molecule has 0 bridgehead atoms. The molecule has 3 rings (SSSR count). The number of rotatable bonds is 4. The SMILES string of the molecule is COC1(Cc2nn(C)c(N)c2-c2ccc(Cl)cc2)CCC1. The number of hydrogen-bond acceptors (Lipinski definition) is 3. The van der Waals surface area contributed by atoms with E-state index in [0.717, 1.165) is 41.1 Å². The Labute approximate surface area is 129 Å². The number of hydrogen-bond donors (Lipinski definition) is 1. The molecule has 0 atom stereocenters. The number of halogens is 1. The summed E-state index contributed by atoms with van der Waals surface area (Å²) in [4.78, 5) is 0. The van der Waals surface area contributed by atoms with E-state index in [1.807, 2.05) is 31.3 Å². The van der Waals surface area contributed by atoms with Crippen molar-refractivity contribution in [1.82, 2.24) is 9.78 Å². The van der Waals surface area contributed by atoms with Gasteiger partial charge in [0, 0.05) is 31.2 Å². The van der Waals surface area contributed by atoms with Crippen molar-refractivity contribution in [3.63, 3.8) is 0 Å². The van der Waals surface area contributed by atoms with Crippen LogP contribution in [0.1, 0.15) is 25.0 Å². The Balaban J connectivity index is 2.01. The fourth-order valence-corrected chi connectivity index (χ4v) is 3.10. The number of methoxy groups -OCH3 is 1. The summed E-state index contributed by atoms with van der Waals surface area (Å²) in [5, 5.41) is 5.32. The molecule has 2 aromatic rings. The smallest absolute Gasteiger partial charge is 0.129 e. The predicted molar refractivity (Wildman–Crippen MR) is 85.4 cm³/mol. The van der Waals surface area contributed by atoms with Crippen LogP contribution >= 0.6 is 11.6 Å². The summed E-state index contributed by atoms with van der Waals surface area (Å²) >= 11 is 5.97. The normalized spacial score (nSPS) is 16.7. The highest BCUT2D eigenvalue weighted by molar-refractivity contribution is 6.30. The second-order valence-corrected chi connectivity index (χ2v) is 6.19. The van der Waals surface area contributed by atoms with E-state index in [9.17, 15) is 0 Å². The Morgan fingerprint density at radius 1 is 1.33 bits per heavy atom. The molecule has 1 saturated carbocycles. The molecule has 21 heavy (non-hydrogen) atoms. The summed E-state index contributed by atoms with van der Waals surface area (Å²) in [6.45, 7) is 0. The second-order valence-electron chi connectivity index (χ2n) is 5.75. The molecule has 1 fully saturated rings. The summed E-state index contributed by atoms with van der Waals surface area (Å²) in [7, 11) is 3.66. The lowest BCUT2D eigenvalue weighted by Gasteiger charge is -2.40. The van der Waals surface area contributed by atoms with E-state index >= 15 is 0 Å². The highest BCUT2D eigenvalue weighted by atomic mass is 35.5. The number of nitrogen functional groups attached to an aromatic ring is 1. The molecule has 0 unspecified atom stereocenters. The molecule has 0 aliphatic heterocycles. The van der Waals surface area contributed by atoms with Gasteiger partial charge in [-0.2, -0.15) is 5.10 Å². The zero-order valence-electron chi connectivity index (χ0n) is 12.4. The Bertz CT molecular complexity index is 639. The first-order chi connectivity index (χ1) is 10.0. The number of nitrogens with zero attached hydrogens (tertiary/aromatic N) is 2. The van der Waals surface area contributed by atoms with E-state index < -0.39 is 0 Å². The van der Waals surface area contributed by atoms with Gasteiger partial charge in [0.2, 0.25) is 0 Å². The van der Waals surface area contributed by atoms with Crippen molar-refractivity contribution in [3.05, 3.63) is 35.0 Å². The van der Waals surface area contributed by atoms with E-state index in [-0.39, 0.29) is 5.60 Å². The van der Waals surface area contributed by atoms with Gasteiger partial charge in [-0.3, -0.25) is 4.68 Å². The van der Waals surface area contributed by atoms with Crippen molar-refractivity contribution >= 4 is 17.4 Å². The molecule has 1 aromatic carbocycles. The van der Waals surface area contributed by atoms with Gasteiger partial charge in [-0.15, -0.1) is 0 Å². The third-order valence-electron chi connectivity index (χ3n) is 4.48. The number of aromatic nitrogens is 2. The number of aryl methyl sites for hydroxylation is 1. The summed E-state index contributed by atoms with van der Waals surface area (Å²) in [5.41, 5.74) is 9.20. The lowest BCUT2D eigenvalue weighted by atomic mass is 9.76. The lowest BCUT2D eigenvalue weighted by Crippen LogP contribution is -2.41. The molecule has 0 spiro atoms. The van der Waals surface area contributed by atoms with Crippen LogP contribution in [0, 0.1) is 0 Å². The Morgan fingerprint density at radius 2 is 2.00 bits per heavy atom. The Morgan fingerprint density at radius 3 is 2.52 bits per heavy atom. The standard InChI is InChI=1S/C16H20ClN3O/c1-20-15(18)14(11-4-6-12(17)7-5-11)13(19-20)10-16(21-2)8-3-9-16/h4-7H,3,8-10,18H2,1-2H3. The molecule has 1 aromatic heterocycles. The predicted octanol–water partition coefficient (Wildman–Crippen LogP) is 3.43. The molecule has 1 aliphatic carbocycles. The summed E-state index contributed by atoms with van der Waals surface area (Å²) < 4.78 is 7.46. The molecule has 2 N–H and O–H groups in total. The molecule has 4 nitrogen and oxygen atoms in total. The average Bonchev–Trinajstić information content (AvgIpc) is 2.71. The van der Waals surface area contributed by atoms with Crippen LogP contribution in [0.3, 0.4) is 0 Å². The number of benzene rings is 1. The molecular weight excluding hydrogens is 286 g/mol. The first kappa shape index (κ1) is 14.4. The maximum absolute atomic E-state index is 6.22. The molecule has 1 heterocycles. The van der Waals surface area contributed by atoms with Gasteiger partial charge in [-0.25, -0.2) is 0 Å². The Hall–Kier alpha value is -1.52. The maximum atomic E-state index is 6.22. The van der Waals surface area contributed by atoms with Crippen LogP contribution in [-0.2, 0) is 18.2 Å². The zero-order chi connectivity index (χ0) is 15.0. The molecule has 112 valence electrons. The maximum Gasteiger partial charge on any atom is 0.129 e. The van der Waals surface area contributed by atoms with Crippen molar-refractivity contribution in [1.29, 1.82) is 0 Å². The van der Waals surface area contributed by atoms with Crippen LogP contribution in [0.4, 0.5) is 5.82 Å². The molecule has 0 radical (unpaired) electrons. The third kappa shape index (κ3) is 2.54. The lowest BCUT2D eigenvalue weighted by molar-refractivity contribution is -0.0714. The van der Waals surface area contributed by atoms with Gasteiger partial charge in [0.05, 0.1) is 11.3 Å². The molecular formula is C16H20ClN3O. The van der Waals surface area contributed by atoms with E-state index in [1.165, 1.54) is 6.42 Å². The number of ether oxygens (including phenoxy) is 1. The minimum Gasteiger partial charge on any atom is -0.383 e. The average molecular weight is 306 g/mol. The molecule has 0 amide bonds. The monoisotopic (exact) mass is 305 g/mol. The second kappa shape index (κ2) is 5.35. The third-order valence-corrected chi connectivity index (χ3v) is 4.74. The van der Waals surface area contributed by atoms with Crippen molar-refractivity contribution < 1.29 is 4.74 Å². The first-order valence-electron chi connectivity index (χ1n) is 7.17. The van der Waals surface area contributed by atoms with Crippen molar-refractivity contribution in [2.24, 2.45) is 7.05 Å². The molecule has 0 saturated heterocycles. The van der Waals surface area contributed by atoms with Gasteiger partial charge in [0.25, 0.3) is 0 Å². The summed E-state index contributed by atoms with van der Waals surface area (Å²) in [6.07, 6.45) is 4.18. The van der Waals surface area contributed by atoms with Crippen molar-refractivity contribution in [2.45, 2.75) is 31.3 Å². The van der Waals surface area contributed by atoms with E-state index in [0.29, 0.717) is 5.82 Å². The van der Waals surface area contributed by atoms with Gasteiger partial charge in [-0.1, -0.05) is 23.7 Å². The van der Waals surface area contributed by atoms with E-state index in [1.54, 1.807) is 11.8 Å². The van der Waals surface area contributed by atoms with Gasteiger partial charge in [0.15, 0.2) is 0 Å². The van der Waals surface area contributed by atoms with E-state index in [4.69, 9.17) is 22.1 Å². The molecule has 1 aliphatic rings. The first-order valence-corrected chi connectivity index (χ1v) is 7.55. The highest BCUT2D eigenvalue weighted by Gasteiger charge is 2.38. The minimum absolute atomic E-state index is 0.0675. The molecule has 5 heteroatoms. The zero-order valence-corrected chi connectivity index (χ0v) is 13.2. The largest absolute Gasteiger partial charge is 0.383 e. The van der Waals surface area contributed by atoms with E-state index in [2.05, 4.69) is 5.10 Å². The van der Waals surface area contributed by atoms with Crippen LogP contribution < -0.4 is 5.73 Å². The minimum atomic E-state index is -0.0675. The topological polar surface area (TPSA) is 53.1 Å². The highest BCUT2D eigenvalue weighted by Crippen LogP contribution is 2.40. The van der Waals surface area contributed by atoms with Crippen LogP contribution in [0.5, 0.6) is 0 Å². The van der Waals surface area contributed by atoms with Crippen molar-refractivity contribution in [2.75, 3.05) is 12.8 Å².